The standard InChI is InChI=1S/C18H17N3O2S/c1-11-6-12(2)8-14(7-11)21-10-13(9-16(21)22)18-19-17(20-23-18)15-4-3-5-24-15/h3-8,13H,9-10H2,1-2H3/t13-/m0/s1. The Labute approximate surface area is 143 Å². The molecule has 3 heterocycles. The highest BCUT2D eigenvalue weighted by Crippen LogP contribution is 2.33. The van der Waals surface area contributed by atoms with Crippen LogP contribution in [0.1, 0.15) is 29.4 Å². The van der Waals surface area contributed by atoms with Crippen molar-refractivity contribution in [3.8, 4) is 10.7 Å². The molecule has 0 spiro atoms. The van der Waals surface area contributed by atoms with E-state index in [4.69, 9.17) is 4.52 Å². The average molecular weight is 339 g/mol. The number of anilines is 1. The van der Waals surface area contributed by atoms with Crippen LogP contribution in [-0.4, -0.2) is 22.6 Å². The van der Waals surface area contributed by atoms with Crippen LogP contribution in [0.25, 0.3) is 10.7 Å². The molecule has 122 valence electrons. The van der Waals surface area contributed by atoms with E-state index in [1.54, 1.807) is 11.3 Å². The van der Waals surface area contributed by atoms with Gasteiger partial charge in [0.1, 0.15) is 0 Å². The number of rotatable bonds is 3. The van der Waals surface area contributed by atoms with Crippen molar-refractivity contribution in [1.82, 2.24) is 10.1 Å². The molecule has 1 aromatic carbocycles. The number of hydrogen-bond acceptors (Lipinski definition) is 5. The van der Waals surface area contributed by atoms with Crippen molar-refractivity contribution in [2.24, 2.45) is 0 Å². The van der Waals surface area contributed by atoms with E-state index < -0.39 is 0 Å². The molecule has 2 aromatic heterocycles. The number of thiophene rings is 1. The molecule has 0 bridgehead atoms. The molecular weight excluding hydrogens is 322 g/mol. The minimum atomic E-state index is -0.0560. The van der Waals surface area contributed by atoms with Gasteiger partial charge >= 0.3 is 0 Å². The van der Waals surface area contributed by atoms with Gasteiger partial charge in [-0.15, -0.1) is 11.3 Å². The summed E-state index contributed by atoms with van der Waals surface area (Å²) in [6.45, 7) is 4.66. The summed E-state index contributed by atoms with van der Waals surface area (Å²) < 4.78 is 5.42. The second kappa shape index (κ2) is 5.87. The lowest BCUT2D eigenvalue weighted by molar-refractivity contribution is -0.117. The number of aryl methyl sites for hydroxylation is 2. The Balaban J connectivity index is 1.58. The van der Waals surface area contributed by atoms with Crippen molar-refractivity contribution in [2.45, 2.75) is 26.2 Å². The minimum absolute atomic E-state index is 0.0560. The Bertz CT molecular complexity index is 865. The lowest BCUT2D eigenvalue weighted by Crippen LogP contribution is -2.24. The summed E-state index contributed by atoms with van der Waals surface area (Å²) in [5.74, 6) is 1.18. The first kappa shape index (κ1) is 15.1. The van der Waals surface area contributed by atoms with Crippen LogP contribution in [0.2, 0.25) is 0 Å². The van der Waals surface area contributed by atoms with Gasteiger partial charge in [0.15, 0.2) is 0 Å². The van der Waals surface area contributed by atoms with Crippen LogP contribution in [-0.2, 0) is 4.79 Å². The minimum Gasteiger partial charge on any atom is -0.339 e. The van der Waals surface area contributed by atoms with Gasteiger partial charge < -0.3 is 9.42 Å². The number of hydrogen-bond donors (Lipinski definition) is 0. The maximum Gasteiger partial charge on any atom is 0.232 e. The molecule has 4 rings (SSSR count). The molecule has 6 heteroatoms. The Morgan fingerprint density at radius 3 is 2.75 bits per heavy atom. The van der Waals surface area contributed by atoms with Crippen LogP contribution in [0.5, 0.6) is 0 Å². The smallest absolute Gasteiger partial charge is 0.232 e. The van der Waals surface area contributed by atoms with E-state index in [0.29, 0.717) is 24.7 Å². The first-order valence-corrected chi connectivity index (χ1v) is 8.74. The van der Waals surface area contributed by atoms with Gasteiger partial charge in [-0.25, -0.2) is 0 Å². The number of nitrogens with zero attached hydrogens (tertiary/aromatic N) is 3. The monoisotopic (exact) mass is 339 g/mol. The molecule has 1 amide bonds. The molecule has 0 radical (unpaired) electrons. The zero-order chi connectivity index (χ0) is 16.7. The van der Waals surface area contributed by atoms with Crippen LogP contribution in [0.4, 0.5) is 5.69 Å². The summed E-state index contributed by atoms with van der Waals surface area (Å²) in [7, 11) is 0. The fourth-order valence-corrected chi connectivity index (χ4v) is 3.79. The van der Waals surface area contributed by atoms with E-state index >= 15 is 0 Å². The first-order chi connectivity index (χ1) is 11.6. The van der Waals surface area contributed by atoms with E-state index in [2.05, 4.69) is 16.2 Å². The van der Waals surface area contributed by atoms with Crippen LogP contribution >= 0.6 is 11.3 Å². The second-order valence-corrected chi connectivity index (χ2v) is 7.13. The second-order valence-electron chi connectivity index (χ2n) is 6.18. The van der Waals surface area contributed by atoms with E-state index in [1.807, 2.05) is 48.4 Å². The molecule has 24 heavy (non-hydrogen) atoms. The van der Waals surface area contributed by atoms with E-state index in [-0.39, 0.29) is 11.8 Å². The third kappa shape index (κ3) is 2.73. The van der Waals surface area contributed by atoms with Gasteiger partial charge in [0.2, 0.25) is 17.6 Å². The largest absolute Gasteiger partial charge is 0.339 e. The SMILES string of the molecule is Cc1cc(C)cc(N2C[C@@H](c3nc(-c4cccs4)no3)CC2=O)c1. The van der Waals surface area contributed by atoms with Crippen LogP contribution in [0.15, 0.2) is 40.2 Å². The normalized spacial score (nSPS) is 17.7. The Kier molecular flexibility index (Phi) is 3.69. The number of carbonyl (C=O) groups is 1. The van der Waals surface area contributed by atoms with Gasteiger partial charge in [-0.05, 0) is 48.6 Å². The van der Waals surface area contributed by atoms with Gasteiger partial charge in [-0.2, -0.15) is 4.98 Å². The summed E-state index contributed by atoms with van der Waals surface area (Å²) >= 11 is 1.57. The Morgan fingerprint density at radius 2 is 2.04 bits per heavy atom. The van der Waals surface area contributed by atoms with Crippen molar-refractivity contribution < 1.29 is 9.32 Å². The number of aromatic nitrogens is 2. The Hall–Kier alpha value is -2.47. The lowest BCUT2D eigenvalue weighted by atomic mass is 10.1. The number of benzene rings is 1. The van der Waals surface area contributed by atoms with Crippen molar-refractivity contribution in [1.29, 1.82) is 0 Å². The molecule has 1 atom stereocenters. The highest BCUT2D eigenvalue weighted by Gasteiger charge is 2.35. The fourth-order valence-electron chi connectivity index (χ4n) is 3.14. The summed E-state index contributed by atoms with van der Waals surface area (Å²) in [6.07, 6.45) is 0.402. The third-order valence-corrected chi connectivity index (χ3v) is 5.04. The predicted octanol–water partition coefficient (Wildman–Crippen LogP) is 3.94. The molecule has 1 aliphatic rings. The van der Waals surface area contributed by atoms with E-state index in [9.17, 15) is 4.79 Å². The molecule has 0 aliphatic carbocycles. The summed E-state index contributed by atoms with van der Waals surface area (Å²) in [6, 6.07) is 10.1. The molecule has 0 saturated carbocycles. The van der Waals surface area contributed by atoms with Crippen LogP contribution in [0, 0.1) is 13.8 Å². The van der Waals surface area contributed by atoms with Crippen molar-refractivity contribution in [3.63, 3.8) is 0 Å². The fraction of sp³-hybridized carbons (Fsp3) is 0.278. The van der Waals surface area contributed by atoms with Gasteiger partial charge in [-0.1, -0.05) is 17.3 Å². The molecule has 1 saturated heterocycles. The van der Waals surface area contributed by atoms with Crippen molar-refractivity contribution in [2.75, 3.05) is 11.4 Å². The van der Waals surface area contributed by atoms with Crippen molar-refractivity contribution >= 4 is 22.9 Å². The van der Waals surface area contributed by atoms with Gasteiger partial charge in [0.25, 0.3) is 0 Å². The highest BCUT2D eigenvalue weighted by atomic mass is 32.1. The van der Waals surface area contributed by atoms with Crippen molar-refractivity contribution in [3.05, 3.63) is 52.7 Å². The quantitative estimate of drug-likeness (QED) is 0.725. The zero-order valence-corrected chi connectivity index (χ0v) is 14.3. The molecule has 3 aromatic rings. The lowest BCUT2D eigenvalue weighted by Gasteiger charge is -2.17. The molecule has 0 N–H and O–H groups in total. The first-order valence-electron chi connectivity index (χ1n) is 7.86. The maximum absolute atomic E-state index is 12.5. The van der Waals surface area contributed by atoms with E-state index in [1.165, 1.54) is 0 Å². The van der Waals surface area contributed by atoms with E-state index in [0.717, 1.165) is 21.7 Å². The molecule has 5 nitrogen and oxygen atoms in total. The third-order valence-electron chi connectivity index (χ3n) is 4.18. The van der Waals surface area contributed by atoms with Crippen LogP contribution in [0.3, 0.4) is 0 Å². The summed E-state index contributed by atoms with van der Waals surface area (Å²) in [5.41, 5.74) is 3.25. The van der Waals surface area contributed by atoms with Gasteiger partial charge in [-0.3, -0.25) is 4.79 Å². The van der Waals surface area contributed by atoms with Crippen LogP contribution < -0.4 is 4.90 Å². The maximum atomic E-state index is 12.5. The number of carbonyl (C=O) groups excluding carboxylic acids is 1. The molecule has 1 aliphatic heterocycles. The number of amides is 1. The molecule has 1 fully saturated rings. The van der Waals surface area contributed by atoms with Gasteiger partial charge in [0.05, 0.1) is 10.8 Å². The topological polar surface area (TPSA) is 59.2 Å². The highest BCUT2D eigenvalue weighted by molar-refractivity contribution is 7.13. The molecule has 0 unspecified atom stereocenters. The molecular formula is C18H17N3O2S. The average Bonchev–Trinajstić information content (AvgIpc) is 3.26. The summed E-state index contributed by atoms with van der Waals surface area (Å²) in [5, 5.41) is 6.03. The van der Waals surface area contributed by atoms with Gasteiger partial charge in [0, 0.05) is 18.7 Å². The summed E-state index contributed by atoms with van der Waals surface area (Å²) in [4.78, 5) is 19.7. The predicted molar refractivity (Wildman–Crippen MR) is 93.2 cm³/mol. The Morgan fingerprint density at radius 1 is 1.25 bits per heavy atom. The zero-order valence-electron chi connectivity index (χ0n) is 13.5.